The number of aryl methyl sites for hydroxylation is 1. The van der Waals surface area contributed by atoms with Gasteiger partial charge in [0, 0.05) is 28.9 Å². The van der Waals surface area contributed by atoms with Crippen molar-refractivity contribution >= 4 is 17.2 Å². The Kier molecular flexibility index (Phi) is 4.84. The normalized spacial score (nSPS) is 12.2. The maximum Gasteiger partial charge on any atom is 0.225 e. The van der Waals surface area contributed by atoms with Crippen LogP contribution in [-0.2, 0) is 11.2 Å². The van der Waals surface area contributed by atoms with E-state index in [1.54, 1.807) is 23.7 Å². The molecule has 20 heavy (non-hydrogen) atoms. The quantitative estimate of drug-likeness (QED) is 0.920. The number of hydrogen-bond donors (Lipinski definition) is 1. The van der Waals surface area contributed by atoms with Crippen LogP contribution < -0.4 is 5.32 Å². The summed E-state index contributed by atoms with van der Waals surface area (Å²) in [4.78, 5) is 21.5. The molecular weight excluding hydrogens is 270 g/mol. The smallest absolute Gasteiger partial charge is 0.225 e. The summed E-state index contributed by atoms with van der Waals surface area (Å²) in [7, 11) is 0. The van der Waals surface area contributed by atoms with Gasteiger partial charge < -0.3 is 5.32 Å². The lowest BCUT2D eigenvalue weighted by molar-refractivity contribution is -0.121. The number of amides is 1. The Balaban J connectivity index is 2.10. The number of carbonyl (C=O) groups is 1. The molecule has 2 aromatic heterocycles. The Hall–Kier alpha value is -1.75. The number of pyridine rings is 1. The molecule has 0 spiro atoms. The van der Waals surface area contributed by atoms with Gasteiger partial charge >= 0.3 is 0 Å². The van der Waals surface area contributed by atoms with E-state index in [1.807, 2.05) is 26.0 Å². The highest BCUT2D eigenvalue weighted by atomic mass is 32.1. The molecule has 1 N–H and O–H groups in total. The van der Waals surface area contributed by atoms with Gasteiger partial charge in [-0.25, -0.2) is 4.98 Å². The van der Waals surface area contributed by atoms with E-state index >= 15 is 0 Å². The van der Waals surface area contributed by atoms with Crippen LogP contribution in [0.15, 0.2) is 24.5 Å². The van der Waals surface area contributed by atoms with Crippen LogP contribution in [0.5, 0.6) is 0 Å². The molecule has 1 unspecified atom stereocenters. The molecule has 0 fully saturated rings. The molecule has 0 saturated carbocycles. The molecule has 4 nitrogen and oxygen atoms in total. The van der Waals surface area contributed by atoms with Crippen LogP contribution in [0.3, 0.4) is 0 Å². The van der Waals surface area contributed by atoms with Gasteiger partial charge in [-0.05, 0) is 32.4 Å². The topological polar surface area (TPSA) is 54.9 Å². The largest absolute Gasteiger partial charge is 0.353 e. The standard InChI is InChI=1S/C15H19N3OS/c1-4-10(2)17-14(19)9-13-11(3)18-15(20-13)12-5-7-16-8-6-12/h5-8,10H,4,9H2,1-3H3,(H,17,19). The van der Waals surface area contributed by atoms with Crippen molar-refractivity contribution in [3.05, 3.63) is 35.1 Å². The van der Waals surface area contributed by atoms with Crippen molar-refractivity contribution in [1.29, 1.82) is 0 Å². The summed E-state index contributed by atoms with van der Waals surface area (Å²) in [6, 6.07) is 4.08. The van der Waals surface area contributed by atoms with E-state index in [0.717, 1.165) is 27.6 Å². The van der Waals surface area contributed by atoms with E-state index in [9.17, 15) is 4.79 Å². The third kappa shape index (κ3) is 3.63. The van der Waals surface area contributed by atoms with Gasteiger partial charge in [-0.3, -0.25) is 9.78 Å². The first kappa shape index (κ1) is 14.7. The summed E-state index contributed by atoms with van der Waals surface area (Å²) in [6.07, 6.45) is 4.84. The maximum atomic E-state index is 11.9. The second kappa shape index (κ2) is 6.61. The Bertz CT molecular complexity index is 580. The lowest BCUT2D eigenvalue weighted by Gasteiger charge is -2.10. The number of carbonyl (C=O) groups excluding carboxylic acids is 1. The summed E-state index contributed by atoms with van der Waals surface area (Å²) in [5.41, 5.74) is 1.97. The second-order valence-electron chi connectivity index (χ2n) is 4.82. The maximum absolute atomic E-state index is 11.9. The molecule has 2 aromatic rings. The summed E-state index contributed by atoms with van der Waals surface area (Å²) >= 11 is 1.58. The summed E-state index contributed by atoms with van der Waals surface area (Å²) in [6.45, 7) is 6.03. The second-order valence-corrected chi connectivity index (χ2v) is 5.90. The molecule has 0 saturated heterocycles. The zero-order valence-corrected chi connectivity index (χ0v) is 12.8. The van der Waals surface area contributed by atoms with Crippen LogP contribution in [0.4, 0.5) is 0 Å². The average molecular weight is 289 g/mol. The fourth-order valence-corrected chi connectivity index (χ4v) is 2.85. The Morgan fingerprint density at radius 1 is 1.40 bits per heavy atom. The van der Waals surface area contributed by atoms with Gasteiger partial charge in [0.1, 0.15) is 5.01 Å². The Morgan fingerprint density at radius 2 is 2.10 bits per heavy atom. The molecule has 1 atom stereocenters. The van der Waals surface area contributed by atoms with Crippen molar-refractivity contribution < 1.29 is 4.79 Å². The number of nitrogens with zero attached hydrogens (tertiary/aromatic N) is 2. The molecule has 2 heterocycles. The van der Waals surface area contributed by atoms with Gasteiger partial charge in [-0.2, -0.15) is 0 Å². The lowest BCUT2D eigenvalue weighted by atomic mass is 10.2. The Labute approximate surface area is 123 Å². The van der Waals surface area contributed by atoms with Crippen molar-refractivity contribution in [3.8, 4) is 10.6 Å². The molecule has 106 valence electrons. The SMILES string of the molecule is CCC(C)NC(=O)Cc1sc(-c2ccncc2)nc1C. The third-order valence-corrected chi connectivity index (χ3v) is 4.37. The minimum atomic E-state index is 0.0624. The van der Waals surface area contributed by atoms with Crippen LogP contribution in [-0.4, -0.2) is 21.9 Å². The molecular formula is C15H19N3OS. The van der Waals surface area contributed by atoms with Gasteiger partial charge in [-0.1, -0.05) is 6.92 Å². The van der Waals surface area contributed by atoms with Crippen LogP contribution >= 0.6 is 11.3 Å². The minimum Gasteiger partial charge on any atom is -0.353 e. The van der Waals surface area contributed by atoms with Crippen molar-refractivity contribution in [1.82, 2.24) is 15.3 Å². The molecule has 1 amide bonds. The van der Waals surface area contributed by atoms with Crippen molar-refractivity contribution in [2.24, 2.45) is 0 Å². The van der Waals surface area contributed by atoms with E-state index in [4.69, 9.17) is 0 Å². The van der Waals surface area contributed by atoms with Crippen molar-refractivity contribution in [2.45, 2.75) is 39.7 Å². The molecule has 0 aromatic carbocycles. The zero-order chi connectivity index (χ0) is 14.5. The van der Waals surface area contributed by atoms with E-state index in [2.05, 4.69) is 22.2 Å². The molecule has 0 aliphatic rings. The number of nitrogens with one attached hydrogen (secondary N) is 1. The number of rotatable bonds is 5. The predicted octanol–water partition coefficient (Wildman–Crippen LogP) is 2.97. The zero-order valence-electron chi connectivity index (χ0n) is 12.0. The monoisotopic (exact) mass is 289 g/mol. The van der Waals surface area contributed by atoms with Gasteiger partial charge in [-0.15, -0.1) is 11.3 Å². The number of hydrogen-bond acceptors (Lipinski definition) is 4. The van der Waals surface area contributed by atoms with E-state index in [0.29, 0.717) is 6.42 Å². The summed E-state index contributed by atoms with van der Waals surface area (Å²) < 4.78 is 0. The van der Waals surface area contributed by atoms with Gasteiger partial charge in [0.2, 0.25) is 5.91 Å². The molecule has 5 heteroatoms. The van der Waals surface area contributed by atoms with Crippen LogP contribution in [0.25, 0.3) is 10.6 Å². The fraction of sp³-hybridized carbons (Fsp3) is 0.400. The highest BCUT2D eigenvalue weighted by molar-refractivity contribution is 7.15. The first-order chi connectivity index (χ1) is 9.60. The lowest BCUT2D eigenvalue weighted by Crippen LogP contribution is -2.33. The van der Waals surface area contributed by atoms with Crippen LogP contribution in [0.1, 0.15) is 30.8 Å². The molecule has 0 aliphatic heterocycles. The highest BCUT2D eigenvalue weighted by Crippen LogP contribution is 2.27. The van der Waals surface area contributed by atoms with Gasteiger partial charge in [0.25, 0.3) is 0 Å². The van der Waals surface area contributed by atoms with Crippen molar-refractivity contribution in [3.63, 3.8) is 0 Å². The van der Waals surface area contributed by atoms with Crippen LogP contribution in [0, 0.1) is 6.92 Å². The van der Waals surface area contributed by atoms with Gasteiger partial charge in [0.05, 0.1) is 12.1 Å². The molecule has 0 aliphatic carbocycles. The molecule has 0 radical (unpaired) electrons. The average Bonchev–Trinajstić information content (AvgIpc) is 2.81. The third-order valence-electron chi connectivity index (χ3n) is 3.16. The van der Waals surface area contributed by atoms with Gasteiger partial charge in [0.15, 0.2) is 0 Å². The minimum absolute atomic E-state index is 0.0624. The van der Waals surface area contributed by atoms with E-state index < -0.39 is 0 Å². The number of thiazole rings is 1. The first-order valence-corrected chi connectivity index (χ1v) is 7.57. The number of aromatic nitrogens is 2. The van der Waals surface area contributed by atoms with E-state index in [-0.39, 0.29) is 11.9 Å². The molecule has 0 bridgehead atoms. The molecule has 2 rings (SSSR count). The summed E-state index contributed by atoms with van der Waals surface area (Å²) in [5, 5.41) is 3.93. The van der Waals surface area contributed by atoms with Crippen LogP contribution in [0.2, 0.25) is 0 Å². The fourth-order valence-electron chi connectivity index (χ4n) is 1.78. The van der Waals surface area contributed by atoms with Crippen molar-refractivity contribution in [2.75, 3.05) is 0 Å². The van der Waals surface area contributed by atoms with E-state index in [1.165, 1.54) is 0 Å². The predicted molar refractivity (Wildman–Crippen MR) is 81.7 cm³/mol. The summed E-state index contributed by atoms with van der Waals surface area (Å²) in [5.74, 6) is 0.0624. The highest BCUT2D eigenvalue weighted by Gasteiger charge is 2.13. The Morgan fingerprint density at radius 3 is 2.75 bits per heavy atom. The first-order valence-electron chi connectivity index (χ1n) is 6.76.